The van der Waals surface area contributed by atoms with Gasteiger partial charge in [0.15, 0.2) is 11.2 Å². The summed E-state index contributed by atoms with van der Waals surface area (Å²) in [5.41, 5.74) is -0.203. The summed E-state index contributed by atoms with van der Waals surface area (Å²) in [5.74, 6) is -1.88. The molecule has 0 spiro atoms. The highest BCUT2D eigenvalue weighted by molar-refractivity contribution is 6.33. The van der Waals surface area contributed by atoms with Gasteiger partial charge >= 0.3 is 5.97 Å². The van der Waals surface area contributed by atoms with E-state index in [4.69, 9.17) is 18.6 Å². The first kappa shape index (κ1) is 40.5. The molecule has 9 atom stereocenters. The van der Waals surface area contributed by atoms with Crippen LogP contribution in [0.4, 0.5) is 0 Å². The Labute approximate surface area is 322 Å². The Morgan fingerprint density at radius 1 is 1.00 bits per heavy atom. The van der Waals surface area contributed by atoms with E-state index in [9.17, 15) is 24.6 Å². The number of nitrogens with zero attached hydrogens (tertiary/aromatic N) is 2. The molecular weight excluding hydrogens is 704 g/mol. The van der Waals surface area contributed by atoms with E-state index in [-0.39, 0.29) is 69.0 Å². The van der Waals surface area contributed by atoms with Crippen molar-refractivity contribution < 1.29 is 43.2 Å². The number of ketones is 2. The number of aliphatic hydroxyl groups excluding tert-OH is 1. The highest BCUT2D eigenvalue weighted by Crippen LogP contribution is 2.50. The number of fused-ring (bicyclic) bond motifs is 4. The van der Waals surface area contributed by atoms with Crippen molar-refractivity contribution >= 4 is 28.5 Å². The van der Waals surface area contributed by atoms with Crippen molar-refractivity contribution in [3.05, 3.63) is 85.3 Å². The van der Waals surface area contributed by atoms with Crippen molar-refractivity contribution in [2.24, 2.45) is 0 Å². The number of allylic oxidation sites excluding steroid dienone is 2. The molecule has 3 aliphatic rings. The highest BCUT2D eigenvalue weighted by atomic mass is 16.6. The molecule has 0 saturated carbocycles. The Morgan fingerprint density at radius 2 is 1.67 bits per heavy atom. The lowest BCUT2D eigenvalue weighted by Crippen LogP contribution is -2.61. The molecule has 2 aliphatic heterocycles. The fourth-order valence-electron chi connectivity index (χ4n) is 8.77. The standard InChI is InChI=1S/C43H54N2O10/c1-12-13-14-20(2)30-18-29(47)33-21(3)15-27-35(41(33)55-30)40(51)36-34(39(27)50)25(31-17-28(44(8)9)37(48)22(4)52-31)16-26(38(36)49)32-19-43(7,45(10)11)42(23(5)53-32)54-24(6)46/h12-13,15-16,18,20,22-23,28,31-32,37,42,48-49H,14,17,19H2,1-11H3/t20-,22-,23-,28-,31-,32+,37-,42+,43-/m1/s1. The molecular formula is C43H54N2O10. The lowest BCUT2D eigenvalue weighted by Gasteiger charge is -2.50. The summed E-state index contributed by atoms with van der Waals surface area (Å²) in [6.07, 6.45) is 0.692. The third-order valence-corrected chi connectivity index (χ3v) is 12.1. The lowest BCUT2D eigenvalue weighted by molar-refractivity contribution is -0.201. The van der Waals surface area contributed by atoms with Gasteiger partial charge in [-0.2, -0.15) is 0 Å². The molecule has 296 valence electrons. The lowest BCUT2D eigenvalue weighted by atomic mass is 9.74. The van der Waals surface area contributed by atoms with Crippen LogP contribution in [0.2, 0.25) is 0 Å². The molecule has 3 heterocycles. The first-order valence-electron chi connectivity index (χ1n) is 19.0. The number of rotatable bonds is 8. The van der Waals surface area contributed by atoms with Crippen molar-refractivity contribution in [1.82, 2.24) is 9.80 Å². The Morgan fingerprint density at radius 3 is 2.29 bits per heavy atom. The number of phenols is 1. The minimum Gasteiger partial charge on any atom is -0.507 e. The molecule has 0 amide bonds. The van der Waals surface area contributed by atoms with Crippen LogP contribution >= 0.6 is 0 Å². The maximum atomic E-state index is 15.1. The molecule has 2 aromatic carbocycles. The summed E-state index contributed by atoms with van der Waals surface area (Å²) in [4.78, 5) is 59.8. The fraction of sp³-hybridized carbons (Fsp3) is 0.535. The van der Waals surface area contributed by atoms with Crippen LogP contribution in [0.25, 0.3) is 11.0 Å². The molecule has 55 heavy (non-hydrogen) atoms. The Kier molecular flexibility index (Phi) is 11.1. The maximum absolute atomic E-state index is 15.1. The molecule has 2 saturated heterocycles. The number of esters is 1. The van der Waals surface area contributed by atoms with E-state index in [0.29, 0.717) is 23.3 Å². The van der Waals surface area contributed by atoms with Gasteiger partial charge in [0.1, 0.15) is 23.2 Å². The zero-order valence-corrected chi connectivity index (χ0v) is 33.7. The number of phenolic OH excluding ortho intramolecular Hbond substituents is 1. The number of aromatic hydroxyl groups is 1. The number of likely N-dealkylation sites (N-methyl/N-ethyl adjacent to an activating group) is 2. The van der Waals surface area contributed by atoms with E-state index in [1.807, 2.05) is 70.9 Å². The molecule has 12 heteroatoms. The second-order valence-electron chi connectivity index (χ2n) is 16.3. The van der Waals surface area contributed by atoms with E-state index in [1.165, 1.54) is 13.0 Å². The molecule has 3 aromatic rings. The topological polar surface area (TPSA) is 156 Å². The predicted molar refractivity (Wildman–Crippen MR) is 207 cm³/mol. The van der Waals surface area contributed by atoms with Crippen molar-refractivity contribution in [1.29, 1.82) is 0 Å². The number of carbonyl (C=O) groups is 3. The Hall–Kier alpha value is -4.20. The zero-order valence-electron chi connectivity index (χ0n) is 33.7. The van der Waals surface area contributed by atoms with Crippen molar-refractivity contribution in [3.8, 4) is 5.75 Å². The van der Waals surface area contributed by atoms with Crippen LogP contribution in [0.1, 0.15) is 133 Å². The minimum absolute atomic E-state index is 0.000525. The second kappa shape index (κ2) is 15.0. The van der Waals surface area contributed by atoms with E-state index in [0.717, 1.165) is 0 Å². The van der Waals surface area contributed by atoms with Gasteiger partial charge in [-0.3, -0.25) is 19.2 Å². The quantitative estimate of drug-likeness (QED) is 0.163. The van der Waals surface area contributed by atoms with E-state index >= 15 is 4.79 Å². The average molecular weight is 759 g/mol. The summed E-state index contributed by atoms with van der Waals surface area (Å²) in [6, 6.07) is 4.34. The van der Waals surface area contributed by atoms with Gasteiger partial charge in [0.2, 0.25) is 5.78 Å². The molecule has 12 nitrogen and oxygen atoms in total. The summed E-state index contributed by atoms with van der Waals surface area (Å²) >= 11 is 0. The largest absolute Gasteiger partial charge is 0.507 e. The van der Waals surface area contributed by atoms with Crippen LogP contribution in [0, 0.1) is 6.92 Å². The molecule has 1 aromatic heterocycles. The van der Waals surface area contributed by atoms with Crippen LogP contribution < -0.4 is 5.43 Å². The SMILES string of the molecule is CC=CC[C@@H](C)c1cc(=O)c2c(C)cc3c(c2o1)C(=O)c1c(O)c([C@@H]2C[C@@](C)(N(C)C)[C@@H](OC(C)=O)[C@@H](C)O2)cc([C@H]2C[C@@H](N(C)C)[C@H](O)[C@@H](C)O2)c1C3=O. The second-order valence-corrected chi connectivity index (χ2v) is 16.3. The number of ether oxygens (including phenoxy) is 3. The van der Waals surface area contributed by atoms with Gasteiger partial charge < -0.3 is 38.6 Å². The van der Waals surface area contributed by atoms with E-state index < -0.39 is 65.4 Å². The van der Waals surface area contributed by atoms with Crippen LogP contribution in [0.3, 0.4) is 0 Å². The Balaban J connectivity index is 1.61. The maximum Gasteiger partial charge on any atom is 0.303 e. The molecule has 2 N–H and O–H groups in total. The summed E-state index contributed by atoms with van der Waals surface area (Å²) < 4.78 is 25.2. The monoisotopic (exact) mass is 758 g/mol. The van der Waals surface area contributed by atoms with Crippen molar-refractivity contribution in [2.45, 2.75) is 122 Å². The van der Waals surface area contributed by atoms with Gasteiger partial charge in [-0.1, -0.05) is 19.1 Å². The van der Waals surface area contributed by atoms with Crippen LogP contribution in [0.15, 0.2) is 39.6 Å². The van der Waals surface area contributed by atoms with E-state index in [1.54, 1.807) is 32.9 Å². The molecule has 0 bridgehead atoms. The molecule has 2 fully saturated rings. The summed E-state index contributed by atoms with van der Waals surface area (Å²) in [5, 5.41) is 23.6. The zero-order chi connectivity index (χ0) is 40.4. The van der Waals surface area contributed by atoms with Crippen LogP contribution in [-0.4, -0.2) is 102 Å². The fourth-order valence-corrected chi connectivity index (χ4v) is 8.77. The van der Waals surface area contributed by atoms with Crippen LogP contribution in [-0.2, 0) is 19.0 Å². The van der Waals surface area contributed by atoms with E-state index in [2.05, 4.69) is 0 Å². The predicted octanol–water partition coefficient (Wildman–Crippen LogP) is 5.90. The third kappa shape index (κ3) is 6.86. The molecule has 6 rings (SSSR count). The summed E-state index contributed by atoms with van der Waals surface area (Å²) in [6.45, 7) is 12.4. The smallest absolute Gasteiger partial charge is 0.303 e. The molecule has 0 unspecified atom stereocenters. The normalized spacial score (nSPS) is 28.9. The first-order chi connectivity index (χ1) is 25.8. The number of hydrogen-bond donors (Lipinski definition) is 2. The minimum atomic E-state index is -0.820. The number of aliphatic hydroxyl groups is 1. The number of hydrogen-bond acceptors (Lipinski definition) is 12. The van der Waals surface area contributed by atoms with Gasteiger partial charge in [0, 0.05) is 41.6 Å². The third-order valence-electron chi connectivity index (χ3n) is 12.1. The first-order valence-corrected chi connectivity index (χ1v) is 19.0. The molecule has 0 radical (unpaired) electrons. The molecule has 1 aliphatic carbocycles. The highest BCUT2D eigenvalue weighted by Gasteiger charge is 2.51. The van der Waals surface area contributed by atoms with Gasteiger partial charge in [-0.05, 0) is 105 Å². The number of carbonyl (C=O) groups excluding carboxylic acids is 3. The summed E-state index contributed by atoms with van der Waals surface area (Å²) in [7, 11) is 7.47. The number of aryl methyl sites for hydroxylation is 1. The van der Waals surface area contributed by atoms with Gasteiger partial charge in [0.25, 0.3) is 0 Å². The average Bonchev–Trinajstić information content (AvgIpc) is 3.11. The van der Waals surface area contributed by atoms with Crippen molar-refractivity contribution in [3.63, 3.8) is 0 Å². The van der Waals surface area contributed by atoms with Gasteiger partial charge in [-0.25, -0.2) is 0 Å². The van der Waals surface area contributed by atoms with Crippen LogP contribution in [0.5, 0.6) is 5.75 Å². The van der Waals surface area contributed by atoms with Gasteiger partial charge in [0.05, 0.1) is 52.6 Å². The van der Waals surface area contributed by atoms with Crippen molar-refractivity contribution in [2.75, 3.05) is 28.2 Å². The Bertz CT molecular complexity index is 2140. The van der Waals surface area contributed by atoms with Gasteiger partial charge in [-0.15, -0.1) is 0 Å². The number of benzene rings is 2.